The number of amides is 1. The van der Waals surface area contributed by atoms with Crippen molar-refractivity contribution in [2.24, 2.45) is 11.8 Å². The van der Waals surface area contributed by atoms with Crippen molar-refractivity contribution in [3.05, 3.63) is 47.5 Å². The molecule has 0 saturated carbocycles. The van der Waals surface area contributed by atoms with Crippen molar-refractivity contribution < 1.29 is 4.79 Å². The van der Waals surface area contributed by atoms with E-state index in [0.29, 0.717) is 5.92 Å². The molecule has 21 heavy (non-hydrogen) atoms. The topological polar surface area (TPSA) is 45.2 Å². The number of hydrogen-bond donors (Lipinski definition) is 1. The Bertz CT molecular complexity index is 585. The average molecular weight is 301 g/mol. The van der Waals surface area contributed by atoms with Crippen molar-refractivity contribution in [3.63, 3.8) is 0 Å². The lowest BCUT2D eigenvalue weighted by Crippen LogP contribution is -2.28. The summed E-state index contributed by atoms with van der Waals surface area (Å²) in [6.07, 6.45) is 1.70. The number of likely N-dealkylation sites (tertiary alicyclic amines) is 1. The van der Waals surface area contributed by atoms with Crippen molar-refractivity contribution in [2.75, 3.05) is 18.4 Å². The zero-order chi connectivity index (χ0) is 14.7. The monoisotopic (exact) mass is 301 g/mol. The quantitative estimate of drug-likeness (QED) is 0.944. The normalized spacial score (nSPS) is 22.3. The van der Waals surface area contributed by atoms with Gasteiger partial charge in [0, 0.05) is 25.0 Å². The summed E-state index contributed by atoms with van der Waals surface area (Å²) in [5.41, 5.74) is 2.10. The van der Waals surface area contributed by atoms with E-state index in [9.17, 15) is 4.79 Å². The van der Waals surface area contributed by atoms with Crippen LogP contribution in [-0.4, -0.2) is 28.3 Å². The molecule has 5 heteroatoms. The van der Waals surface area contributed by atoms with Gasteiger partial charge in [0.15, 0.2) is 0 Å². The van der Waals surface area contributed by atoms with E-state index in [4.69, 9.17) is 0 Å². The van der Waals surface area contributed by atoms with Crippen LogP contribution in [0.2, 0.25) is 0 Å². The summed E-state index contributed by atoms with van der Waals surface area (Å²) in [6, 6.07) is 10.4. The van der Waals surface area contributed by atoms with Crippen molar-refractivity contribution in [2.45, 2.75) is 13.5 Å². The molecule has 0 bridgehead atoms. The number of rotatable bonds is 4. The molecule has 1 amide bonds. The van der Waals surface area contributed by atoms with Gasteiger partial charge in [-0.15, -0.1) is 0 Å². The highest BCUT2D eigenvalue weighted by Crippen LogP contribution is 2.26. The number of carbonyl (C=O) groups excluding carboxylic acids is 1. The average Bonchev–Trinajstić information content (AvgIpc) is 3.10. The van der Waals surface area contributed by atoms with E-state index in [-0.39, 0.29) is 11.8 Å². The number of anilines is 1. The van der Waals surface area contributed by atoms with E-state index in [0.717, 1.165) is 25.3 Å². The number of hydrogen-bond acceptors (Lipinski definition) is 4. The van der Waals surface area contributed by atoms with Crippen LogP contribution in [0.4, 0.5) is 5.69 Å². The maximum absolute atomic E-state index is 12.4. The SMILES string of the molecule is CC1CN(Cc2ccccc2)CC1C(=O)Nc1cnsc1. The molecule has 1 fully saturated rings. The van der Waals surface area contributed by atoms with E-state index < -0.39 is 0 Å². The van der Waals surface area contributed by atoms with Crippen LogP contribution in [0.15, 0.2) is 41.9 Å². The van der Waals surface area contributed by atoms with Gasteiger partial charge < -0.3 is 5.32 Å². The Morgan fingerprint density at radius 2 is 2.19 bits per heavy atom. The zero-order valence-corrected chi connectivity index (χ0v) is 12.8. The van der Waals surface area contributed by atoms with Gasteiger partial charge in [0.25, 0.3) is 0 Å². The van der Waals surface area contributed by atoms with Gasteiger partial charge in [0.1, 0.15) is 0 Å². The number of nitrogens with zero attached hydrogens (tertiary/aromatic N) is 2. The number of benzene rings is 1. The Morgan fingerprint density at radius 1 is 1.38 bits per heavy atom. The highest BCUT2D eigenvalue weighted by Gasteiger charge is 2.34. The third-order valence-corrected chi connectivity index (χ3v) is 4.56. The third kappa shape index (κ3) is 3.49. The molecule has 3 rings (SSSR count). The molecule has 2 unspecified atom stereocenters. The third-order valence-electron chi connectivity index (χ3n) is 3.97. The molecule has 1 saturated heterocycles. The number of nitrogens with one attached hydrogen (secondary N) is 1. The first-order valence-electron chi connectivity index (χ1n) is 7.19. The van der Waals surface area contributed by atoms with E-state index in [1.165, 1.54) is 17.1 Å². The van der Waals surface area contributed by atoms with Gasteiger partial charge in [-0.3, -0.25) is 9.69 Å². The van der Waals surface area contributed by atoms with Crippen LogP contribution in [0.3, 0.4) is 0 Å². The fraction of sp³-hybridized carbons (Fsp3) is 0.375. The largest absolute Gasteiger partial charge is 0.324 e. The van der Waals surface area contributed by atoms with Gasteiger partial charge >= 0.3 is 0 Å². The van der Waals surface area contributed by atoms with Gasteiger partial charge in [-0.25, -0.2) is 0 Å². The van der Waals surface area contributed by atoms with Crippen molar-refractivity contribution in [3.8, 4) is 0 Å². The van der Waals surface area contributed by atoms with Gasteiger partial charge in [-0.1, -0.05) is 37.3 Å². The van der Waals surface area contributed by atoms with Gasteiger partial charge in [-0.2, -0.15) is 4.37 Å². The van der Waals surface area contributed by atoms with Crippen LogP contribution < -0.4 is 5.32 Å². The Hall–Kier alpha value is -1.72. The lowest BCUT2D eigenvalue weighted by molar-refractivity contribution is -0.120. The van der Waals surface area contributed by atoms with Gasteiger partial charge in [0.05, 0.1) is 17.8 Å². The lowest BCUT2D eigenvalue weighted by Gasteiger charge is -2.15. The summed E-state index contributed by atoms with van der Waals surface area (Å²) in [5.74, 6) is 0.534. The smallest absolute Gasteiger partial charge is 0.229 e. The first-order chi connectivity index (χ1) is 10.2. The maximum Gasteiger partial charge on any atom is 0.229 e. The second-order valence-corrected chi connectivity index (χ2v) is 6.32. The summed E-state index contributed by atoms with van der Waals surface area (Å²) < 4.78 is 4.01. The number of carbonyl (C=O) groups is 1. The van der Waals surface area contributed by atoms with Crippen LogP contribution in [0.1, 0.15) is 12.5 Å². The fourth-order valence-electron chi connectivity index (χ4n) is 2.88. The molecule has 1 N–H and O–H groups in total. The van der Waals surface area contributed by atoms with Crippen LogP contribution >= 0.6 is 11.5 Å². The van der Waals surface area contributed by atoms with Gasteiger partial charge in [-0.05, 0) is 23.0 Å². The van der Waals surface area contributed by atoms with Crippen LogP contribution in [-0.2, 0) is 11.3 Å². The van der Waals surface area contributed by atoms with Crippen molar-refractivity contribution in [1.82, 2.24) is 9.27 Å². The molecule has 0 radical (unpaired) electrons. The molecule has 1 aliphatic heterocycles. The molecule has 1 aromatic heterocycles. The summed E-state index contributed by atoms with van der Waals surface area (Å²) in [4.78, 5) is 14.7. The van der Waals surface area contributed by atoms with E-state index in [1.54, 1.807) is 6.20 Å². The van der Waals surface area contributed by atoms with E-state index in [1.807, 2.05) is 11.4 Å². The second-order valence-electron chi connectivity index (χ2n) is 5.67. The molecule has 0 aliphatic carbocycles. The fourth-order valence-corrected chi connectivity index (χ4v) is 3.35. The molecule has 4 nitrogen and oxygen atoms in total. The Morgan fingerprint density at radius 3 is 2.90 bits per heavy atom. The standard InChI is InChI=1S/C16H19N3OS/c1-12-8-19(9-13-5-3-2-4-6-13)10-15(12)16(20)18-14-7-17-21-11-14/h2-7,11-12,15H,8-10H2,1H3,(H,18,20). The van der Waals surface area contributed by atoms with Crippen LogP contribution in [0.5, 0.6) is 0 Å². The Balaban J connectivity index is 1.59. The summed E-state index contributed by atoms with van der Waals surface area (Å²) >= 11 is 1.35. The van der Waals surface area contributed by atoms with E-state index in [2.05, 4.69) is 45.8 Å². The molecule has 2 aromatic rings. The highest BCUT2D eigenvalue weighted by molar-refractivity contribution is 7.04. The molecule has 1 aliphatic rings. The first kappa shape index (κ1) is 14.2. The second kappa shape index (κ2) is 6.37. The highest BCUT2D eigenvalue weighted by atomic mass is 32.1. The summed E-state index contributed by atoms with van der Waals surface area (Å²) in [6.45, 7) is 4.85. The minimum atomic E-state index is 0.0496. The van der Waals surface area contributed by atoms with Crippen LogP contribution in [0, 0.1) is 11.8 Å². The first-order valence-corrected chi connectivity index (χ1v) is 8.02. The zero-order valence-electron chi connectivity index (χ0n) is 12.0. The van der Waals surface area contributed by atoms with Crippen molar-refractivity contribution in [1.29, 1.82) is 0 Å². The van der Waals surface area contributed by atoms with Crippen molar-refractivity contribution >= 4 is 23.1 Å². The Kier molecular flexibility index (Phi) is 4.31. The molecule has 2 atom stereocenters. The van der Waals surface area contributed by atoms with Gasteiger partial charge in [0.2, 0.25) is 5.91 Å². The molecule has 2 heterocycles. The lowest BCUT2D eigenvalue weighted by atomic mass is 9.97. The molecule has 1 aromatic carbocycles. The maximum atomic E-state index is 12.4. The molecular weight excluding hydrogens is 282 g/mol. The molecular formula is C16H19N3OS. The minimum Gasteiger partial charge on any atom is -0.324 e. The molecule has 0 spiro atoms. The summed E-state index contributed by atoms with van der Waals surface area (Å²) in [5, 5.41) is 4.82. The molecule has 110 valence electrons. The summed E-state index contributed by atoms with van der Waals surface area (Å²) in [7, 11) is 0. The van der Waals surface area contributed by atoms with Crippen LogP contribution in [0.25, 0.3) is 0 Å². The predicted octanol–water partition coefficient (Wildman–Crippen LogP) is 2.85. The predicted molar refractivity (Wildman–Crippen MR) is 85.1 cm³/mol. The van der Waals surface area contributed by atoms with E-state index >= 15 is 0 Å². The minimum absolute atomic E-state index is 0.0496. The number of aromatic nitrogens is 1. The Labute approximate surface area is 129 Å².